The summed E-state index contributed by atoms with van der Waals surface area (Å²) in [7, 11) is 0. The van der Waals surface area contributed by atoms with Crippen molar-refractivity contribution >= 4 is 33.7 Å². The standard InChI is InChI=1S/C31H30N4O4/c36-29(33-27(31(38)39)18-21-19-32-26-14-8-7-13-24(21)26)20-15-16-28-25(17-20)30(37)35(23-11-5-2-6-12-23)34(28)22-9-3-1-4-10-22/h2,5-8,11-17,19,22,27,32H,1,3-4,9-10,18H2,(H,33,36)(H,38,39)/t27-/m0/s1. The highest BCUT2D eigenvalue weighted by molar-refractivity contribution is 6.00. The maximum absolute atomic E-state index is 13.7. The second-order valence-electron chi connectivity index (χ2n) is 10.2. The van der Waals surface area contributed by atoms with Gasteiger partial charge in [0.05, 0.1) is 22.6 Å². The molecule has 1 aliphatic carbocycles. The minimum Gasteiger partial charge on any atom is -0.480 e. The second-order valence-corrected chi connectivity index (χ2v) is 10.2. The van der Waals surface area contributed by atoms with Crippen LogP contribution in [-0.4, -0.2) is 37.4 Å². The first-order valence-corrected chi connectivity index (χ1v) is 13.4. The summed E-state index contributed by atoms with van der Waals surface area (Å²) < 4.78 is 3.81. The van der Waals surface area contributed by atoms with Gasteiger partial charge < -0.3 is 15.4 Å². The summed E-state index contributed by atoms with van der Waals surface area (Å²) in [6.07, 6.45) is 7.31. The maximum Gasteiger partial charge on any atom is 0.326 e. The van der Waals surface area contributed by atoms with Gasteiger partial charge in [-0.2, -0.15) is 0 Å². The molecule has 0 radical (unpaired) electrons. The highest BCUT2D eigenvalue weighted by atomic mass is 16.4. The van der Waals surface area contributed by atoms with Gasteiger partial charge in [0.25, 0.3) is 11.5 Å². The van der Waals surface area contributed by atoms with E-state index in [9.17, 15) is 19.5 Å². The third-order valence-corrected chi connectivity index (χ3v) is 7.77. The summed E-state index contributed by atoms with van der Waals surface area (Å²) in [5, 5.41) is 13.9. The lowest BCUT2D eigenvalue weighted by molar-refractivity contribution is -0.139. The number of carboxylic acid groups (broad SMARTS) is 1. The van der Waals surface area contributed by atoms with Crippen LogP contribution < -0.4 is 10.9 Å². The molecule has 5 aromatic rings. The molecule has 0 spiro atoms. The van der Waals surface area contributed by atoms with Gasteiger partial charge in [-0.1, -0.05) is 55.7 Å². The molecule has 2 heterocycles. The number of H-pyrrole nitrogens is 1. The number of aliphatic carboxylic acids is 1. The van der Waals surface area contributed by atoms with Gasteiger partial charge >= 0.3 is 5.97 Å². The fraction of sp³-hybridized carbons (Fsp3) is 0.258. The van der Waals surface area contributed by atoms with E-state index in [1.165, 1.54) is 6.42 Å². The van der Waals surface area contributed by atoms with Crippen LogP contribution in [-0.2, 0) is 11.2 Å². The fourth-order valence-corrected chi connectivity index (χ4v) is 5.83. The Bertz CT molecular complexity index is 1720. The van der Waals surface area contributed by atoms with Gasteiger partial charge in [0.2, 0.25) is 0 Å². The number of hydrogen-bond acceptors (Lipinski definition) is 3. The van der Waals surface area contributed by atoms with Crippen molar-refractivity contribution in [1.82, 2.24) is 19.7 Å². The van der Waals surface area contributed by atoms with E-state index in [-0.39, 0.29) is 23.6 Å². The van der Waals surface area contributed by atoms with Crippen LogP contribution in [0.25, 0.3) is 27.5 Å². The summed E-state index contributed by atoms with van der Waals surface area (Å²) in [5.41, 5.74) is 3.34. The monoisotopic (exact) mass is 522 g/mol. The number of rotatable bonds is 7. The number of carbonyl (C=O) groups excluding carboxylic acids is 1. The summed E-state index contributed by atoms with van der Waals surface area (Å²) in [6, 6.07) is 21.3. The van der Waals surface area contributed by atoms with E-state index >= 15 is 0 Å². The number of amides is 1. The smallest absolute Gasteiger partial charge is 0.326 e. The van der Waals surface area contributed by atoms with E-state index in [2.05, 4.69) is 15.0 Å². The SMILES string of the molecule is O=C(N[C@@H](Cc1c[nH]c2ccccc12)C(=O)O)c1ccc2c(c1)c(=O)n(-c1ccccc1)n2C1CCCCC1. The summed E-state index contributed by atoms with van der Waals surface area (Å²) in [6.45, 7) is 0. The molecule has 0 aliphatic heterocycles. The molecule has 1 atom stereocenters. The second kappa shape index (κ2) is 10.3. The largest absolute Gasteiger partial charge is 0.480 e. The van der Waals surface area contributed by atoms with Gasteiger partial charge in [-0.05, 0) is 54.8 Å². The third-order valence-electron chi connectivity index (χ3n) is 7.77. The van der Waals surface area contributed by atoms with Crippen LogP contribution in [0, 0.1) is 0 Å². The van der Waals surface area contributed by atoms with Gasteiger partial charge in [-0.25, -0.2) is 9.48 Å². The molecule has 6 rings (SSSR count). The van der Waals surface area contributed by atoms with E-state index in [0.717, 1.165) is 53.4 Å². The Morgan fingerprint density at radius 3 is 2.46 bits per heavy atom. The molecule has 3 aromatic carbocycles. The van der Waals surface area contributed by atoms with Crippen molar-refractivity contribution in [3.05, 3.63) is 100 Å². The Morgan fingerprint density at radius 2 is 1.69 bits per heavy atom. The number of nitrogens with zero attached hydrogens (tertiary/aromatic N) is 2. The molecule has 3 N–H and O–H groups in total. The minimum atomic E-state index is -1.12. The Balaban J connectivity index is 1.35. The highest BCUT2D eigenvalue weighted by Crippen LogP contribution is 2.32. The van der Waals surface area contributed by atoms with Crippen molar-refractivity contribution in [2.24, 2.45) is 0 Å². The van der Waals surface area contributed by atoms with Gasteiger partial charge in [-0.3, -0.25) is 14.3 Å². The Hall–Kier alpha value is -4.59. The first-order valence-electron chi connectivity index (χ1n) is 13.4. The molecule has 0 unspecified atom stereocenters. The molecule has 8 heteroatoms. The molecular formula is C31H30N4O4. The maximum atomic E-state index is 13.7. The molecule has 1 amide bonds. The molecule has 1 fully saturated rings. The molecule has 8 nitrogen and oxygen atoms in total. The molecule has 0 bridgehead atoms. The summed E-state index contributed by atoms with van der Waals surface area (Å²) in [5.74, 6) is -1.65. The zero-order valence-corrected chi connectivity index (χ0v) is 21.5. The van der Waals surface area contributed by atoms with Crippen LogP contribution >= 0.6 is 0 Å². The number of fused-ring (bicyclic) bond motifs is 2. The first kappa shape index (κ1) is 24.7. The molecule has 1 saturated carbocycles. The Labute approximate surface area is 224 Å². The quantitative estimate of drug-likeness (QED) is 0.273. The number of nitrogens with one attached hydrogen (secondary N) is 2. The summed E-state index contributed by atoms with van der Waals surface area (Å²) in [4.78, 5) is 42.3. The number of benzene rings is 3. The first-order chi connectivity index (χ1) is 19.0. The molecule has 39 heavy (non-hydrogen) atoms. The predicted molar refractivity (Wildman–Crippen MR) is 151 cm³/mol. The average molecular weight is 523 g/mol. The van der Waals surface area contributed by atoms with Crippen molar-refractivity contribution in [2.75, 3.05) is 0 Å². The van der Waals surface area contributed by atoms with E-state index in [1.807, 2.05) is 60.7 Å². The zero-order valence-electron chi connectivity index (χ0n) is 21.5. The summed E-state index contributed by atoms with van der Waals surface area (Å²) >= 11 is 0. The number of aromatic amines is 1. The van der Waals surface area contributed by atoms with Crippen LogP contribution in [0.2, 0.25) is 0 Å². The molecule has 2 aromatic heterocycles. The van der Waals surface area contributed by atoms with Crippen LogP contribution in [0.1, 0.15) is 54.1 Å². The van der Waals surface area contributed by atoms with Gasteiger partial charge in [0, 0.05) is 29.1 Å². The van der Waals surface area contributed by atoms with Crippen molar-refractivity contribution < 1.29 is 14.7 Å². The van der Waals surface area contributed by atoms with E-state index in [4.69, 9.17) is 0 Å². The lowest BCUT2D eigenvalue weighted by Crippen LogP contribution is -2.42. The van der Waals surface area contributed by atoms with Crippen LogP contribution in [0.5, 0.6) is 0 Å². The topological polar surface area (TPSA) is 109 Å². The lowest BCUT2D eigenvalue weighted by atomic mass is 9.95. The number of para-hydroxylation sites is 2. The fourth-order valence-electron chi connectivity index (χ4n) is 5.83. The van der Waals surface area contributed by atoms with Crippen molar-refractivity contribution in [3.8, 4) is 5.69 Å². The van der Waals surface area contributed by atoms with Crippen molar-refractivity contribution in [1.29, 1.82) is 0 Å². The molecule has 0 saturated heterocycles. The lowest BCUT2D eigenvalue weighted by Gasteiger charge is -2.26. The van der Waals surface area contributed by atoms with Gasteiger partial charge in [-0.15, -0.1) is 0 Å². The van der Waals surface area contributed by atoms with Crippen molar-refractivity contribution in [3.63, 3.8) is 0 Å². The van der Waals surface area contributed by atoms with Crippen molar-refractivity contribution in [2.45, 2.75) is 50.6 Å². The van der Waals surface area contributed by atoms with E-state index in [0.29, 0.717) is 5.39 Å². The molecular weight excluding hydrogens is 492 g/mol. The van der Waals surface area contributed by atoms with Gasteiger partial charge in [0.15, 0.2) is 0 Å². The molecule has 198 valence electrons. The number of carbonyl (C=O) groups is 2. The van der Waals surface area contributed by atoms with Crippen LogP contribution in [0.3, 0.4) is 0 Å². The van der Waals surface area contributed by atoms with E-state index < -0.39 is 17.9 Å². The normalized spacial score (nSPS) is 15.0. The zero-order chi connectivity index (χ0) is 26.9. The number of aromatic nitrogens is 3. The van der Waals surface area contributed by atoms with Crippen LogP contribution in [0.4, 0.5) is 0 Å². The Kier molecular flexibility index (Phi) is 6.52. The highest BCUT2D eigenvalue weighted by Gasteiger charge is 2.26. The predicted octanol–water partition coefficient (Wildman–Crippen LogP) is 5.20. The number of carboxylic acids is 1. The average Bonchev–Trinajstić information content (AvgIpc) is 3.51. The minimum absolute atomic E-state index is 0.131. The third kappa shape index (κ3) is 4.63. The molecule has 1 aliphatic rings. The van der Waals surface area contributed by atoms with Crippen LogP contribution in [0.15, 0.2) is 83.8 Å². The Morgan fingerprint density at radius 1 is 0.949 bits per heavy atom. The number of hydrogen-bond donors (Lipinski definition) is 3. The van der Waals surface area contributed by atoms with Gasteiger partial charge in [0.1, 0.15) is 6.04 Å². The van der Waals surface area contributed by atoms with E-state index in [1.54, 1.807) is 23.0 Å².